The summed E-state index contributed by atoms with van der Waals surface area (Å²) < 4.78 is 2.27. The van der Waals surface area contributed by atoms with E-state index in [-0.39, 0.29) is 29.4 Å². The molecule has 4 rings (SSSR count). The van der Waals surface area contributed by atoms with Crippen LogP contribution in [-0.4, -0.2) is 34.3 Å². The van der Waals surface area contributed by atoms with Crippen LogP contribution in [0.4, 0.5) is 0 Å². The van der Waals surface area contributed by atoms with Gasteiger partial charge in [0.2, 0.25) is 0 Å². The monoisotopic (exact) mass is 514 g/mol. The molecule has 2 aliphatic rings. The summed E-state index contributed by atoms with van der Waals surface area (Å²) in [5, 5.41) is 16.4. The Kier molecular flexibility index (Phi) is 7.20. The van der Waals surface area contributed by atoms with Gasteiger partial charge in [0, 0.05) is 37.0 Å². The molecular weight excluding hydrogens is 487 g/mol. The largest absolute Gasteiger partial charge is 0.356 e. The molecule has 2 aromatic rings. The molecule has 1 saturated carbocycles. The number of aromatic nitrogens is 3. The molecule has 28 heavy (non-hydrogen) atoms. The number of aliphatic imine (C=N–C) groups is 1. The average Bonchev–Trinajstić information content (AvgIpc) is 3.43. The SMILES string of the molecule is CN=C(NCc1nnc2n1CCCCC2)NCC1(c2cccc(Cl)c2)CC1.I. The van der Waals surface area contributed by atoms with Crippen LogP contribution >= 0.6 is 35.6 Å². The fraction of sp³-hybridized carbons (Fsp3) is 0.550. The van der Waals surface area contributed by atoms with Gasteiger partial charge < -0.3 is 15.2 Å². The molecule has 0 spiro atoms. The van der Waals surface area contributed by atoms with Gasteiger partial charge in [0.25, 0.3) is 0 Å². The van der Waals surface area contributed by atoms with Crippen molar-refractivity contribution in [2.45, 2.75) is 57.0 Å². The summed E-state index contributed by atoms with van der Waals surface area (Å²) in [6.07, 6.45) is 7.06. The molecule has 1 aromatic heterocycles. The Morgan fingerprint density at radius 3 is 2.82 bits per heavy atom. The predicted octanol–water partition coefficient (Wildman–Crippen LogP) is 3.67. The third kappa shape index (κ3) is 4.79. The highest BCUT2D eigenvalue weighted by Crippen LogP contribution is 2.48. The Labute approximate surface area is 188 Å². The first kappa shape index (κ1) is 21.4. The van der Waals surface area contributed by atoms with Crippen molar-refractivity contribution in [1.82, 2.24) is 25.4 Å². The van der Waals surface area contributed by atoms with Crippen LogP contribution < -0.4 is 10.6 Å². The number of aryl methyl sites for hydroxylation is 1. The van der Waals surface area contributed by atoms with Crippen LogP contribution in [0.3, 0.4) is 0 Å². The lowest BCUT2D eigenvalue weighted by Gasteiger charge is -2.19. The number of fused-ring (bicyclic) bond motifs is 1. The molecule has 1 aliphatic carbocycles. The van der Waals surface area contributed by atoms with Crippen molar-refractivity contribution >= 4 is 41.5 Å². The number of nitrogens with one attached hydrogen (secondary N) is 2. The second-order valence-corrected chi connectivity index (χ2v) is 8.00. The van der Waals surface area contributed by atoms with Crippen molar-refractivity contribution in [3.63, 3.8) is 0 Å². The Morgan fingerprint density at radius 2 is 2.07 bits per heavy atom. The molecule has 2 heterocycles. The first-order valence-electron chi connectivity index (χ1n) is 9.82. The zero-order valence-corrected chi connectivity index (χ0v) is 19.3. The van der Waals surface area contributed by atoms with E-state index in [0.717, 1.165) is 42.1 Å². The van der Waals surface area contributed by atoms with Gasteiger partial charge >= 0.3 is 0 Å². The van der Waals surface area contributed by atoms with Crippen LogP contribution in [0.5, 0.6) is 0 Å². The number of benzene rings is 1. The molecule has 152 valence electrons. The molecule has 0 amide bonds. The predicted molar refractivity (Wildman–Crippen MR) is 124 cm³/mol. The third-order valence-corrected chi connectivity index (χ3v) is 5.94. The smallest absolute Gasteiger partial charge is 0.191 e. The van der Waals surface area contributed by atoms with Gasteiger partial charge in [-0.1, -0.05) is 30.2 Å². The second kappa shape index (κ2) is 9.43. The lowest BCUT2D eigenvalue weighted by Crippen LogP contribution is -2.41. The number of hydrogen-bond donors (Lipinski definition) is 2. The highest BCUT2D eigenvalue weighted by molar-refractivity contribution is 14.0. The lowest BCUT2D eigenvalue weighted by atomic mass is 9.96. The summed E-state index contributed by atoms with van der Waals surface area (Å²) >= 11 is 6.17. The zero-order chi connectivity index (χ0) is 18.7. The van der Waals surface area contributed by atoms with E-state index < -0.39 is 0 Å². The summed E-state index contributed by atoms with van der Waals surface area (Å²) in [5.74, 6) is 2.91. The molecule has 8 heteroatoms. The third-order valence-electron chi connectivity index (χ3n) is 5.71. The van der Waals surface area contributed by atoms with Gasteiger partial charge in [-0.2, -0.15) is 0 Å². The van der Waals surface area contributed by atoms with Crippen LogP contribution in [-0.2, 0) is 24.9 Å². The standard InChI is InChI=1S/C20H27ClN6.HI/c1-22-19(23-13-18-26-25-17-8-3-2-4-11-27(17)18)24-14-20(9-10-20)15-6-5-7-16(21)12-15;/h5-7,12H,2-4,8-11,13-14H2,1H3,(H2,22,23,24);1H. The zero-order valence-electron chi connectivity index (χ0n) is 16.2. The minimum atomic E-state index is 0. The molecule has 1 aliphatic heterocycles. The summed E-state index contributed by atoms with van der Waals surface area (Å²) in [7, 11) is 1.80. The molecule has 1 aromatic carbocycles. The summed E-state index contributed by atoms with van der Waals surface area (Å²) in [5.41, 5.74) is 1.48. The first-order valence-corrected chi connectivity index (χ1v) is 10.2. The lowest BCUT2D eigenvalue weighted by molar-refractivity contribution is 0.593. The number of nitrogens with zero attached hydrogens (tertiary/aromatic N) is 4. The normalized spacial score (nSPS) is 17.9. The van der Waals surface area contributed by atoms with E-state index in [1.807, 2.05) is 12.1 Å². The topological polar surface area (TPSA) is 67.1 Å². The van der Waals surface area contributed by atoms with E-state index >= 15 is 0 Å². The van der Waals surface area contributed by atoms with Crippen molar-refractivity contribution in [2.24, 2.45) is 4.99 Å². The van der Waals surface area contributed by atoms with E-state index in [9.17, 15) is 0 Å². The van der Waals surface area contributed by atoms with Gasteiger partial charge in [-0.05, 0) is 43.4 Å². The van der Waals surface area contributed by atoms with Crippen molar-refractivity contribution in [3.8, 4) is 0 Å². The Balaban J connectivity index is 0.00000225. The van der Waals surface area contributed by atoms with Gasteiger partial charge in [-0.25, -0.2) is 0 Å². The summed E-state index contributed by atoms with van der Waals surface area (Å²) in [4.78, 5) is 4.37. The molecule has 6 nitrogen and oxygen atoms in total. The van der Waals surface area contributed by atoms with Crippen molar-refractivity contribution in [3.05, 3.63) is 46.5 Å². The maximum absolute atomic E-state index is 6.17. The summed E-state index contributed by atoms with van der Waals surface area (Å²) in [6, 6.07) is 8.21. The summed E-state index contributed by atoms with van der Waals surface area (Å²) in [6.45, 7) is 2.51. The first-order chi connectivity index (χ1) is 13.2. The van der Waals surface area contributed by atoms with Gasteiger partial charge in [-0.15, -0.1) is 34.2 Å². The fourth-order valence-corrected chi connectivity index (χ4v) is 4.04. The molecule has 1 fully saturated rings. The van der Waals surface area contributed by atoms with Crippen LogP contribution in [0.15, 0.2) is 29.3 Å². The van der Waals surface area contributed by atoms with Crippen LogP contribution in [0.25, 0.3) is 0 Å². The minimum absolute atomic E-state index is 0. The quantitative estimate of drug-likeness (QED) is 0.363. The van der Waals surface area contributed by atoms with Crippen LogP contribution in [0.1, 0.15) is 49.3 Å². The number of rotatable bonds is 5. The molecular formula is C20H28ClIN6. The van der Waals surface area contributed by atoms with Crippen molar-refractivity contribution in [1.29, 1.82) is 0 Å². The number of halogens is 2. The van der Waals surface area contributed by atoms with E-state index in [1.165, 1.54) is 37.7 Å². The molecule has 2 N–H and O–H groups in total. The van der Waals surface area contributed by atoms with Gasteiger partial charge in [-0.3, -0.25) is 4.99 Å². The molecule has 0 atom stereocenters. The Morgan fingerprint density at radius 1 is 1.21 bits per heavy atom. The minimum Gasteiger partial charge on any atom is -0.356 e. The van der Waals surface area contributed by atoms with Crippen LogP contribution in [0.2, 0.25) is 5.02 Å². The number of hydrogen-bond acceptors (Lipinski definition) is 3. The maximum atomic E-state index is 6.17. The highest BCUT2D eigenvalue weighted by Gasteiger charge is 2.44. The van der Waals surface area contributed by atoms with Gasteiger partial charge in [0.1, 0.15) is 5.82 Å². The van der Waals surface area contributed by atoms with Gasteiger partial charge in [0.15, 0.2) is 11.8 Å². The maximum Gasteiger partial charge on any atom is 0.191 e. The highest BCUT2D eigenvalue weighted by atomic mass is 127. The number of guanidine groups is 1. The second-order valence-electron chi connectivity index (χ2n) is 7.56. The van der Waals surface area contributed by atoms with E-state index in [0.29, 0.717) is 6.54 Å². The molecule has 0 bridgehead atoms. The Hall–Kier alpha value is -1.35. The van der Waals surface area contributed by atoms with Crippen molar-refractivity contribution in [2.75, 3.05) is 13.6 Å². The van der Waals surface area contributed by atoms with Crippen LogP contribution in [0, 0.1) is 0 Å². The van der Waals surface area contributed by atoms with E-state index in [1.54, 1.807) is 7.05 Å². The molecule has 0 saturated heterocycles. The van der Waals surface area contributed by atoms with E-state index in [2.05, 4.69) is 42.5 Å². The van der Waals surface area contributed by atoms with E-state index in [4.69, 9.17) is 11.6 Å². The van der Waals surface area contributed by atoms with Crippen molar-refractivity contribution < 1.29 is 0 Å². The molecule has 0 unspecified atom stereocenters. The fourth-order valence-electron chi connectivity index (χ4n) is 3.85. The average molecular weight is 515 g/mol. The Bertz CT molecular complexity index is 830. The molecule has 0 radical (unpaired) electrons. The van der Waals surface area contributed by atoms with Gasteiger partial charge in [0.05, 0.1) is 6.54 Å².